The van der Waals surface area contributed by atoms with Crippen LogP contribution < -0.4 is 5.32 Å². The largest absolute Gasteiger partial charge is 0.476 e. The van der Waals surface area contributed by atoms with Gasteiger partial charge in [-0.2, -0.15) is 5.10 Å². The molecule has 0 amide bonds. The van der Waals surface area contributed by atoms with Crippen molar-refractivity contribution in [3.63, 3.8) is 0 Å². The van der Waals surface area contributed by atoms with E-state index in [2.05, 4.69) is 10.4 Å². The van der Waals surface area contributed by atoms with Gasteiger partial charge in [0, 0.05) is 18.3 Å². The van der Waals surface area contributed by atoms with Crippen LogP contribution in [0.15, 0.2) is 12.1 Å². The van der Waals surface area contributed by atoms with Gasteiger partial charge in [0.25, 0.3) is 0 Å². The number of aromatic carboxylic acids is 1. The average Bonchev–Trinajstić information content (AvgIpc) is 2.46. The lowest BCUT2D eigenvalue weighted by atomic mass is 10.3. The number of hydrogen-bond donors (Lipinski definition) is 2. The van der Waals surface area contributed by atoms with Crippen LogP contribution in [0.4, 0.5) is 5.82 Å². The molecule has 1 aliphatic heterocycles. The normalized spacial score (nSPS) is 19.3. The molecule has 2 rings (SSSR count). The summed E-state index contributed by atoms with van der Waals surface area (Å²) in [6.07, 6.45) is 3.66. The fourth-order valence-corrected chi connectivity index (χ4v) is 1.21. The highest BCUT2D eigenvalue weighted by atomic mass is 16.4. The van der Waals surface area contributed by atoms with E-state index in [1.165, 1.54) is 10.7 Å². The Bertz CT molecular complexity index is 381. The highest BCUT2D eigenvalue weighted by Gasteiger charge is 2.15. The van der Waals surface area contributed by atoms with E-state index >= 15 is 0 Å². The van der Waals surface area contributed by atoms with E-state index in [0.29, 0.717) is 5.82 Å². The number of aromatic nitrogens is 2. The van der Waals surface area contributed by atoms with E-state index in [9.17, 15) is 4.79 Å². The van der Waals surface area contributed by atoms with Crippen molar-refractivity contribution < 1.29 is 9.90 Å². The summed E-state index contributed by atoms with van der Waals surface area (Å²) in [7, 11) is 0. The van der Waals surface area contributed by atoms with Crippen LogP contribution in [-0.4, -0.2) is 26.9 Å². The fraction of sp³-hybridized carbons (Fsp3) is 0.250. The van der Waals surface area contributed by atoms with E-state index in [0.717, 1.165) is 0 Å². The average molecular weight is 179 g/mol. The molecule has 5 heteroatoms. The lowest BCUT2D eigenvalue weighted by Gasteiger charge is -2.15. The predicted molar refractivity (Wildman–Crippen MR) is 47.6 cm³/mol. The number of nitrogens with zero attached hydrogens (tertiary/aromatic N) is 2. The molecule has 68 valence electrons. The maximum Gasteiger partial charge on any atom is 0.356 e. The Labute approximate surface area is 74.7 Å². The molecular formula is C8H9N3O2. The number of carbonyl (C=O) groups is 1. The molecule has 0 radical (unpaired) electrons. The molecule has 1 atom stereocenters. The number of hydrogen-bond acceptors (Lipinski definition) is 3. The molecule has 0 aliphatic carbocycles. The van der Waals surface area contributed by atoms with Gasteiger partial charge in [0.2, 0.25) is 0 Å². The van der Waals surface area contributed by atoms with Gasteiger partial charge in [-0.05, 0) is 13.0 Å². The first-order valence-electron chi connectivity index (χ1n) is 3.94. The first kappa shape index (κ1) is 7.85. The van der Waals surface area contributed by atoms with Crippen LogP contribution >= 0.6 is 0 Å². The van der Waals surface area contributed by atoms with Crippen molar-refractivity contribution in [2.45, 2.75) is 13.0 Å². The zero-order valence-electron chi connectivity index (χ0n) is 7.06. The summed E-state index contributed by atoms with van der Waals surface area (Å²) < 4.78 is 1.52. The van der Waals surface area contributed by atoms with Crippen molar-refractivity contribution in [3.05, 3.63) is 17.8 Å². The van der Waals surface area contributed by atoms with Crippen LogP contribution in [0.1, 0.15) is 17.4 Å². The van der Waals surface area contributed by atoms with E-state index in [4.69, 9.17) is 5.11 Å². The number of fused-ring (bicyclic) bond motifs is 1. The minimum Gasteiger partial charge on any atom is -0.476 e. The molecule has 1 aliphatic rings. The van der Waals surface area contributed by atoms with Gasteiger partial charge in [-0.25, -0.2) is 9.48 Å². The summed E-state index contributed by atoms with van der Waals surface area (Å²) in [5, 5.41) is 15.6. The van der Waals surface area contributed by atoms with Crippen molar-refractivity contribution >= 4 is 18.0 Å². The van der Waals surface area contributed by atoms with E-state index in [-0.39, 0.29) is 11.7 Å². The molecule has 1 aromatic heterocycles. The molecule has 1 unspecified atom stereocenters. The molecule has 0 saturated heterocycles. The molecule has 2 heterocycles. The van der Waals surface area contributed by atoms with Gasteiger partial charge in [0.1, 0.15) is 5.82 Å². The Morgan fingerprint density at radius 2 is 2.54 bits per heavy atom. The van der Waals surface area contributed by atoms with E-state index in [1.807, 2.05) is 13.0 Å². The van der Waals surface area contributed by atoms with Crippen molar-refractivity contribution in [1.29, 1.82) is 0 Å². The van der Waals surface area contributed by atoms with Gasteiger partial charge in [0.15, 0.2) is 5.69 Å². The molecule has 0 fully saturated rings. The summed E-state index contributed by atoms with van der Waals surface area (Å²) in [4.78, 5) is 10.6. The summed E-state index contributed by atoms with van der Waals surface area (Å²) in [6, 6.07) is 1.73. The molecule has 0 bridgehead atoms. The fourth-order valence-electron chi connectivity index (χ4n) is 1.21. The molecule has 0 spiro atoms. The topological polar surface area (TPSA) is 67.2 Å². The van der Waals surface area contributed by atoms with Crippen LogP contribution in [0.25, 0.3) is 6.20 Å². The molecule has 0 saturated carbocycles. The Morgan fingerprint density at radius 1 is 1.77 bits per heavy atom. The summed E-state index contributed by atoms with van der Waals surface area (Å²) >= 11 is 0. The Balaban J connectivity index is 2.41. The molecule has 13 heavy (non-hydrogen) atoms. The second-order valence-corrected chi connectivity index (χ2v) is 2.94. The smallest absolute Gasteiger partial charge is 0.356 e. The quantitative estimate of drug-likeness (QED) is 0.671. The van der Waals surface area contributed by atoms with Crippen molar-refractivity contribution in [2.75, 3.05) is 5.32 Å². The highest BCUT2D eigenvalue weighted by molar-refractivity contribution is 5.86. The van der Waals surface area contributed by atoms with Gasteiger partial charge in [-0.3, -0.25) is 0 Å². The van der Waals surface area contributed by atoms with Crippen molar-refractivity contribution in [2.24, 2.45) is 0 Å². The molecular weight excluding hydrogens is 170 g/mol. The van der Waals surface area contributed by atoms with Gasteiger partial charge >= 0.3 is 5.97 Å². The second-order valence-electron chi connectivity index (χ2n) is 2.94. The maximum atomic E-state index is 10.6. The van der Waals surface area contributed by atoms with Crippen LogP contribution in [0.2, 0.25) is 0 Å². The third kappa shape index (κ3) is 1.28. The summed E-state index contributed by atoms with van der Waals surface area (Å²) in [5.74, 6) is -0.294. The minimum atomic E-state index is -1.01. The zero-order chi connectivity index (χ0) is 9.42. The van der Waals surface area contributed by atoms with Gasteiger partial charge in [0.05, 0.1) is 0 Å². The van der Waals surface area contributed by atoms with Crippen molar-refractivity contribution in [3.8, 4) is 0 Å². The molecule has 2 N–H and O–H groups in total. The number of carboxylic acid groups (broad SMARTS) is 1. The van der Waals surface area contributed by atoms with Crippen molar-refractivity contribution in [1.82, 2.24) is 9.78 Å². The van der Waals surface area contributed by atoms with Gasteiger partial charge < -0.3 is 10.4 Å². The Hall–Kier alpha value is -1.78. The monoisotopic (exact) mass is 179 g/mol. The SMILES string of the molecule is CC1C=Cn2nc(C(=O)O)cc2N1. The van der Waals surface area contributed by atoms with Crippen LogP contribution in [-0.2, 0) is 0 Å². The minimum absolute atomic E-state index is 0.0567. The first-order valence-corrected chi connectivity index (χ1v) is 3.94. The van der Waals surface area contributed by atoms with Gasteiger partial charge in [-0.15, -0.1) is 0 Å². The van der Waals surface area contributed by atoms with Gasteiger partial charge in [-0.1, -0.05) is 0 Å². The lowest BCUT2D eigenvalue weighted by molar-refractivity contribution is 0.0690. The third-order valence-corrected chi connectivity index (χ3v) is 1.85. The Kier molecular flexibility index (Phi) is 1.58. The van der Waals surface area contributed by atoms with Crippen LogP contribution in [0.3, 0.4) is 0 Å². The predicted octanol–water partition coefficient (Wildman–Crippen LogP) is 0.866. The molecule has 0 aromatic carbocycles. The molecule has 1 aromatic rings. The maximum absolute atomic E-state index is 10.6. The summed E-state index contributed by atoms with van der Waals surface area (Å²) in [6.45, 7) is 1.98. The summed E-state index contributed by atoms with van der Waals surface area (Å²) in [5.41, 5.74) is 0.0567. The number of carboxylic acids is 1. The first-order chi connectivity index (χ1) is 6.16. The Morgan fingerprint density at radius 3 is 3.23 bits per heavy atom. The van der Waals surface area contributed by atoms with Crippen LogP contribution in [0, 0.1) is 0 Å². The second kappa shape index (κ2) is 2.62. The van der Waals surface area contributed by atoms with Crippen LogP contribution in [0.5, 0.6) is 0 Å². The molecule has 5 nitrogen and oxygen atoms in total. The third-order valence-electron chi connectivity index (χ3n) is 1.85. The van der Waals surface area contributed by atoms with E-state index in [1.54, 1.807) is 6.20 Å². The lowest BCUT2D eigenvalue weighted by Crippen LogP contribution is -2.18. The van der Waals surface area contributed by atoms with E-state index < -0.39 is 5.97 Å². The number of rotatable bonds is 1. The zero-order valence-corrected chi connectivity index (χ0v) is 7.06. The number of nitrogens with one attached hydrogen (secondary N) is 1. The standard InChI is InChI=1S/C8H9N3O2/c1-5-2-3-11-7(9-5)4-6(10-11)8(12)13/h2-5,9H,1H3,(H,12,13). The highest BCUT2D eigenvalue weighted by Crippen LogP contribution is 2.16. The number of anilines is 1.